The molecule has 0 spiro atoms. The van der Waals surface area contributed by atoms with E-state index in [-0.39, 0.29) is 24.9 Å². The molecule has 2 aromatic carbocycles. The molecule has 8 nitrogen and oxygen atoms in total. The van der Waals surface area contributed by atoms with E-state index in [4.69, 9.17) is 4.42 Å². The van der Waals surface area contributed by atoms with Crippen molar-refractivity contribution < 1.29 is 14.0 Å². The van der Waals surface area contributed by atoms with Gasteiger partial charge in [0.25, 0.3) is 0 Å². The number of benzene rings is 2. The van der Waals surface area contributed by atoms with Gasteiger partial charge in [-0.2, -0.15) is 0 Å². The predicted molar refractivity (Wildman–Crippen MR) is 138 cm³/mol. The summed E-state index contributed by atoms with van der Waals surface area (Å²) in [6.45, 7) is 2.23. The Balaban J connectivity index is 1.52. The Bertz CT molecular complexity index is 1440. The summed E-state index contributed by atoms with van der Waals surface area (Å²) in [5.74, 6) is 0.0548. The number of nitrogens with zero attached hydrogens (tertiary/aromatic N) is 4. The van der Waals surface area contributed by atoms with E-state index in [0.717, 1.165) is 22.4 Å². The quantitative estimate of drug-likeness (QED) is 0.316. The number of para-hydroxylation sites is 1. The van der Waals surface area contributed by atoms with Crippen molar-refractivity contribution in [2.45, 2.75) is 32.5 Å². The molecule has 182 valence electrons. The molecule has 3 heterocycles. The molecule has 0 bridgehead atoms. The van der Waals surface area contributed by atoms with Crippen LogP contribution >= 0.6 is 11.3 Å². The van der Waals surface area contributed by atoms with E-state index >= 15 is 0 Å². The number of anilines is 1. The second kappa shape index (κ2) is 10.6. The number of furan rings is 1. The lowest BCUT2D eigenvalue weighted by Crippen LogP contribution is -2.44. The highest BCUT2D eigenvalue weighted by molar-refractivity contribution is 7.10. The van der Waals surface area contributed by atoms with E-state index < -0.39 is 6.04 Å². The lowest BCUT2D eigenvalue weighted by atomic mass is 10.1. The van der Waals surface area contributed by atoms with Crippen LogP contribution in [-0.2, 0) is 29.1 Å². The third-order valence-electron chi connectivity index (χ3n) is 5.93. The van der Waals surface area contributed by atoms with E-state index in [1.165, 1.54) is 11.3 Å². The fourth-order valence-electron chi connectivity index (χ4n) is 4.07. The molecule has 1 atom stereocenters. The summed E-state index contributed by atoms with van der Waals surface area (Å²) < 4.78 is 6.94. The third kappa shape index (κ3) is 4.92. The highest BCUT2D eigenvalue weighted by Gasteiger charge is 2.34. The number of hydrogen-bond acceptors (Lipinski definition) is 6. The van der Waals surface area contributed by atoms with Crippen molar-refractivity contribution in [3.8, 4) is 0 Å². The summed E-state index contributed by atoms with van der Waals surface area (Å²) in [6.07, 6.45) is 2.43. The Hall–Kier alpha value is -4.24. The molecule has 0 radical (unpaired) electrons. The van der Waals surface area contributed by atoms with Gasteiger partial charge in [0, 0.05) is 10.6 Å². The standard InChI is InChI=1S/C27H25N5O3S/c1-2-19-11-13-20(14-12-19)32(25(33)18-31-23-9-4-3-8-22(23)29-30-31)26(24-10-6-16-36-24)27(34)28-17-21-7-5-15-35-21/h3-16,26H,2,17-18H2,1H3,(H,28,34)/t26-/m1/s1. The maximum Gasteiger partial charge on any atom is 0.249 e. The molecule has 0 saturated carbocycles. The number of carbonyl (C=O) groups excluding carboxylic acids is 2. The van der Waals surface area contributed by atoms with Crippen LogP contribution in [-0.4, -0.2) is 26.8 Å². The first kappa shape index (κ1) is 23.5. The fourth-order valence-corrected chi connectivity index (χ4v) is 4.89. The smallest absolute Gasteiger partial charge is 0.249 e. The normalized spacial score (nSPS) is 11.9. The molecule has 5 rings (SSSR count). The third-order valence-corrected chi connectivity index (χ3v) is 6.86. The van der Waals surface area contributed by atoms with Crippen molar-refractivity contribution in [1.29, 1.82) is 0 Å². The summed E-state index contributed by atoms with van der Waals surface area (Å²) in [4.78, 5) is 29.9. The van der Waals surface area contributed by atoms with E-state index in [1.54, 1.807) is 28.0 Å². The number of fused-ring (bicyclic) bond motifs is 1. The molecule has 5 aromatic rings. The SMILES string of the molecule is CCc1ccc(N(C(=O)Cn2nnc3ccccc32)[C@@H](C(=O)NCc2ccco2)c2cccs2)cc1. The summed E-state index contributed by atoms with van der Waals surface area (Å²) in [6, 6.07) is 21.6. The summed E-state index contributed by atoms with van der Waals surface area (Å²) in [5.41, 5.74) is 3.23. The van der Waals surface area contributed by atoms with Crippen LogP contribution in [0.3, 0.4) is 0 Å². The van der Waals surface area contributed by atoms with Gasteiger partial charge in [-0.1, -0.05) is 42.5 Å². The van der Waals surface area contributed by atoms with Crippen molar-refractivity contribution >= 4 is 39.9 Å². The van der Waals surface area contributed by atoms with Crippen LogP contribution in [0.4, 0.5) is 5.69 Å². The number of aromatic nitrogens is 3. The lowest BCUT2D eigenvalue weighted by molar-refractivity contribution is -0.127. The van der Waals surface area contributed by atoms with Gasteiger partial charge < -0.3 is 9.73 Å². The zero-order valence-electron chi connectivity index (χ0n) is 19.7. The predicted octanol–water partition coefficient (Wildman–Crippen LogP) is 4.74. The first-order valence-corrected chi connectivity index (χ1v) is 12.5. The molecule has 2 amide bonds. The van der Waals surface area contributed by atoms with Gasteiger partial charge in [0.15, 0.2) is 0 Å². The maximum atomic E-state index is 13.9. The molecule has 1 N–H and O–H groups in total. The van der Waals surface area contributed by atoms with Gasteiger partial charge in [-0.25, -0.2) is 4.68 Å². The van der Waals surface area contributed by atoms with Crippen molar-refractivity contribution in [1.82, 2.24) is 20.3 Å². The molecule has 0 aliphatic carbocycles. The fraction of sp³-hybridized carbons (Fsp3) is 0.185. The van der Waals surface area contributed by atoms with Crippen molar-refractivity contribution in [3.63, 3.8) is 0 Å². The molecular weight excluding hydrogens is 474 g/mol. The molecule has 9 heteroatoms. The maximum absolute atomic E-state index is 13.9. The Labute approximate surface area is 212 Å². The topological polar surface area (TPSA) is 93.3 Å². The van der Waals surface area contributed by atoms with E-state index in [0.29, 0.717) is 17.0 Å². The second-order valence-corrected chi connectivity index (χ2v) is 9.21. The number of aryl methyl sites for hydroxylation is 1. The lowest BCUT2D eigenvalue weighted by Gasteiger charge is -2.30. The molecule has 0 unspecified atom stereocenters. The summed E-state index contributed by atoms with van der Waals surface area (Å²) in [7, 11) is 0. The minimum atomic E-state index is -0.866. The Kier molecular flexibility index (Phi) is 6.90. The van der Waals surface area contributed by atoms with Crippen LogP contribution < -0.4 is 10.2 Å². The number of rotatable bonds is 9. The highest BCUT2D eigenvalue weighted by Crippen LogP contribution is 2.31. The molecule has 0 aliphatic heterocycles. The van der Waals surface area contributed by atoms with Crippen LogP contribution in [0, 0.1) is 0 Å². The molecule has 36 heavy (non-hydrogen) atoms. The monoisotopic (exact) mass is 499 g/mol. The zero-order chi connectivity index (χ0) is 24.9. The van der Waals surface area contributed by atoms with E-state index in [1.807, 2.05) is 66.0 Å². The van der Waals surface area contributed by atoms with E-state index in [2.05, 4.69) is 22.6 Å². The van der Waals surface area contributed by atoms with Gasteiger partial charge in [-0.05, 0) is 59.8 Å². The molecule has 0 aliphatic rings. The zero-order valence-corrected chi connectivity index (χ0v) is 20.5. The van der Waals surface area contributed by atoms with Crippen LogP contribution in [0.25, 0.3) is 11.0 Å². The number of nitrogens with one attached hydrogen (secondary N) is 1. The highest BCUT2D eigenvalue weighted by atomic mass is 32.1. The van der Waals surface area contributed by atoms with E-state index in [9.17, 15) is 9.59 Å². The Morgan fingerprint density at radius 2 is 1.89 bits per heavy atom. The van der Waals surface area contributed by atoms with Gasteiger partial charge in [0.1, 0.15) is 23.9 Å². The van der Waals surface area contributed by atoms with Crippen LogP contribution in [0.5, 0.6) is 0 Å². The molecule has 0 saturated heterocycles. The van der Waals surface area contributed by atoms with Gasteiger partial charge >= 0.3 is 0 Å². The second-order valence-electron chi connectivity index (χ2n) is 8.23. The first-order valence-electron chi connectivity index (χ1n) is 11.7. The Morgan fingerprint density at radius 3 is 2.61 bits per heavy atom. The largest absolute Gasteiger partial charge is 0.467 e. The van der Waals surface area contributed by atoms with Crippen LogP contribution in [0.15, 0.2) is 88.9 Å². The molecule has 0 fully saturated rings. The van der Waals surface area contributed by atoms with Crippen molar-refractivity contribution in [2.75, 3.05) is 4.90 Å². The minimum absolute atomic E-state index is 0.0661. The Morgan fingerprint density at radius 1 is 1.06 bits per heavy atom. The van der Waals surface area contributed by atoms with Crippen LogP contribution in [0.2, 0.25) is 0 Å². The first-order chi connectivity index (χ1) is 17.6. The average molecular weight is 500 g/mol. The van der Waals surface area contributed by atoms with Gasteiger partial charge in [0.05, 0.1) is 18.3 Å². The van der Waals surface area contributed by atoms with Gasteiger partial charge in [-0.3, -0.25) is 14.5 Å². The van der Waals surface area contributed by atoms with Crippen molar-refractivity contribution in [2.24, 2.45) is 0 Å². The number of carbonyl (C=O) groups is 2. The minimum Gasteiger partial charge on any atom is -0.467 e. The number of hydrogen-bond donors (Lipinski definition) is 1. The summed E-state index contributed by atoms with van der Waals surface area (Å²) in [5, 5.41) is 13.2. The number of thiophene rings is 1. The molecular formula is C27H25N5O3S. The molecule has 3 aromatic heterocycles. The van der Waals surface area contributed by atoms with Gasteiger partial charge in [0.2, 0.25) is 11.8 Å². The average Bonchev–Trinajstić information content (AvgIpc) is 3.69. The van der Waals surface area contributed by atoms with Crippen LogP contribution in [0.1, 0.15) is 29.2 Å². The number of amides is 2. The van der Waals surface area contributed by atoms with Crippen molar-refractivity contribution in [3.05, 3.63) is 101 Å². The summed E-state index contributed by atoms with van der Waals surface area (Å²) >= 11 is 1.43. The van der Waals surface area contributed by atoms with Gasteiger partial charge in [-0.15, -0.1) is 16.4 Å².